The number of aryl methyl sites for hydroxylation is 1. The Balaban J connectivity index is 1.66. The Morgan fingerprint density at radius 2 is 2.27 bits per heavy atom. The first-order chi connectivity index (χ1) is 10.6. The number of hydrogen-bond acceptors (Lipinski definition) is 5. The van der Waals surface area contributed by atoms with E-state index >= 15 is 0 Å². The molecule has 2 N–H and O–H groups in total. The van der Waals surface area contributed by atoms with Crippen molar-refractivity contribution in [2.24, 2.45) is 0 Å². The van der Waals surface area contributed by atoms with E-state index in [0.29, 0.717) is 5.69 Å². The summed E-state index contributed by atoms with van der Waals surface area (Å²) in [6.07, 6.45) is 5.24. The molecule has 3 rings (SSSR count). The monoisotopic (exact) mass is 298 g/mol. The Morgan fingerprint density at radius 3 is 3.09 bits per heavy atom. The van der Waals surface area contributed by atoms with E-state index in [0.717, 1.165) is 16.5 Å². The third kappa shape index (κ3) is 2.88. The van der Waals surface area contributed by atoms with Crippen LogP contribution in [-0.4, -0.2) is 26.1 Å². The molecule has 0 spiro atoms. The second-order valence-corrected chi connectivity index (χ2v) is 4.93. The summed E-state index contributed by atoms with van der Waals surface area (Å²) < 4.78 is 5.12. The van der Waals surface area contributed by atoms with Crippen molar-refractivity contribution in [3.05, 3.63) is 57.9 Å². The van der Waals surface area contributed by atoms with Gasteiger partial charge >= 0.3 is 5.97 Å². The summed E-state index contributed by atoms with van der Waals surface area (Å²) in [5, 5.41) is 7.48. The minimum atomic E-state index is -0.417. The molecule has 0 atom stereocenters. The number of rotatable bonds is 4. The van der Waals surface area contributed by atoms with Crippen LogP contribution in [0.2, 0.25) is 0 Å². The Morgan fingerprint density at radius 1 is 1.41 bits per heavy atom. The van der Waals surface area contributed by atoms with E-state index in [4.69, 9.17) is 4.74 Å². The molecule has 0 aromatic carbocycles. The van der Waals surface area contributed by atoms with Crippen LogP contribution in [0.5, 0.6) is 0 Å². The second-order valence-electron chi connectivity index (χ2n) is 4.93. The van der Waals surface area contributed by atoms with Gasteiger partial charge in [0.25, 0.3) is 0 Å². The average Bonchev–Trinajstić information content (AvgIpc) is 2.90. The molecule has 0 saturated heterocycles. The Labute approximate surface area is 125 Å². The molecule has 0 saturated carbocycles. The van der Waals surface area contributed by atoms with Crippen LogP contribution in [0.15, 0.2) is 35.5 Å². The fourth-order valence-electron chi connectivity index (χ4n) is 2.16. The number of aromatic amines is 2. The van der Waals surface area contributed by atoms with E-state index in [1.54, 1.807) is 25.5 Å². The van der Waals surface area contributed by atoms with Crippen LogP contribution in [0.3, 0.4) is 0 Å². The molecule has 0 amide bonds. The molecule has 0 aliphatic rings. The van der Waals surface area contributed by atoms with E-state index in [-0.39, 0.29) is 24.2 Å². The first-order valence-corrected chi connectivity index (χ1v) is 6.74. The van der Waals surface area contributed by atoms with Crippen molar-refractivity contribution in [1.82, 2.24) is 20.2 Å². The molecule has 3 aromatic heterocycles. The molecule has 7 heteroatoms. The number of hydrogen-bond donors (Lipinski definition) is 2. The van der Waals surface area contributed by atoms with Crippen LogP contribution < -0.4 is 5.43 Å². The number of nitrogens with zero attached hydrogens (tertiary/aromatic N) is 2. The minimum Gasteiger partial charge on any atom is -0.459 e. The number of esters is 1. The molecule has 112 valence electrons. The second kappa shape index (κ2) is 5.80. The maximum atomic E-state index is 11.9. The SMILES string of the molecule is Cc1cc(=O)c(COC(=O)Cc2c[nH]c3cnccc23)n[nH]1. The van der Waals surface area contributed by atoms with Crippen LogP contribution in [0.25, 0.3) is 10.9 Å². The minimum absolute atomic E-state index is 0.119. The van der Waals surface area contributed by atoms with Gasteiger partial charge in [-0.1, -0.05) is 0 Å². The molecule has 0 aliphatic carbocycles. The van der Waals surface area contributed by atoms with Crippen molar-refractivity contribution in [2.45, 2.75) is 20.0 Å². The first kappa shape index (κ1) is 14.0. The van der Waals surface area contributed by atoms with Crippen LogP contribution in [0.4, 0.5) is 0 Å². The van der Waals surface area contributed by atoms with E-state index in [1.807, 2.05) is 6.07 Å². The number of H-pyrrole nitrogens is 2. The predicted molar refractivity (Wildman–Crippen MR) is 79.2 cm³/mol. The summed E-state index contributed by atoms with van der Waals surface area (Å²) in [5.74, 6) is -0.417. The Bertz CT molecular complexity index is 882. The standard InChI is InChI=1S/C15H14N4O3/c1-9-4-14(20)13(19-18-9)8-22-15(21)5-10-6-17-12-7-16-3-2-11(10)12/h2-4,6-7,17H,5,8H2,1H3,(H,18,20). The molecule has 3 aromatic rings. The van der Waals surface area contributed by atoms with E-state index in [9.17, 15) is 9.59 Å². The van der Waals surface area contributed by atoms with Crippen molar-refractivity contribution >= 4 is 16.9 Å². The molecule has 0 radical (unpaired) electrons. The third-order valence-corrected chi connectivity index (χ3v) is 3.27. The van der Waals surface area contributed by atoms with Crippen LogP contribution in [-0.2, 0) is 22.6 Å². The quantitative estimate of drug-likeness (QED) is 0.706. The molecule has 0 aliphatic heterocycles. The summed E-state index contributed by atoms with van der Waals surface area (Å²) >= 11 is 0. The summed E-state index contributed by atoms with van der Waals surface area (Å²) in [6, 6.07) is 3.25. The third-order valence-electron chi connectivity index (χ3n) is 3.27. The molecule has 22 heavy (non-hydrogen) atoms. The Hall–Kier alpha value is -2.96. The number of fused-ring (bicyclic) bond motifs is 1. The van der Waals surface area contributed by atoms with Crippen LogP contribution in [0.1, 0.15) is 17.0 Å². The number of carbonyl (C=O) groups is 1. The van der Waals surface area contributed by atoms with Gasteiger partial charge in [0.2, 0.25) is 5.43 Å². The number of aromatic nitrogens is 4. The van der Waals surface area contributed by atoms with Gasteiger partial charge in [0.15, 0.2) is 0 Å². The van der Waals surface area contributed by atoms with Gasteiger partial charge < -0.3 is 9.72 Å². The fraction of sp³-hybridized carbons (Fsp3) is 0.200. The predicted octanol–water partition coefficient (Wildman–Crippen LogP) is 1.24. The lowest BCUT2D eigenvalue weighted by Crippen LogP contribution is -2.17. The van der Waals surface area contributed by atoms with Gasteiger partial charge in [0, 0.05) is 29.5 Å². The summed E-state index contributed by atoms with van der Waals surface area (Å²) in [7, 11) is 0. The Kier molecular flexibility index (Phi) is 3.69. The fourth-order valence-corrected chi connectivity index (χ4v) is 2.16. The van der Waals surface area contributed by atoms with Crippen molar-refractivity contribution in [1.29, 1.82) is 0 Å². The molecule has 0 unspecified atom stereocenters. The number of ether oxygens (including phenoxy) is 1. The normalized spacial score (nSPS) is 10.8. The van der Waals surface area contributed by atoms with Gasteiger partial charge in [-0.15, -0.1) is 0 Å². The maximum absolute atomic E-state index is 11.9. The molecular formula is C15H14N4O3. The summed E-state index contributed by atoms with van der Waals surface area (Å²) in [6.45, 7) is 1.59. The maximum Gasteiger partial charge on any atom is 0.310 e. The zero-order valence-electron chi connectivity index (χ0n) is 11.9. The highest BCUT2D eigenvalue weighted by Gasteiger charge is 2.11. The van der Waals surface area contributed by atoms with E-state index < -0.39 is 5.97 Å². The van der Waals surface area contributed by atoms with Crippen LogP contribution >= 0.6 is 0 Å². The highest BCUT2D eigenvalue weighted by atomic mass is 16.5. The van der Waals surface area contributed by atoms with Gasteiger partial charge in [-0.2, -0.15) is 5.10 Å². The number of pyridine rings is 1. The van der Waals surface area contributed by atoms with Gasteiger partial charge in [0.1, 0.15) is 12.3 Å². The van der Waals surface area contributed by atoms with E-state index in [1.165, 1.54) is 6.07 Å². The summed E-state index contributed by atoms with van der Waals surface area (Å²) in [5.41, 5.74) is 2.28. The van der Waals surface area contributed by atoms with E-state index in [2.05, 4.69) is 20.2 Å². The molecule has 0 fully saturated rings. The smallest absolute Gasteiger partial charge is 0.310 e. The molecule has 0 bridgehead atoms. The van der Waals surface area contributed by atoms with Crippen LogP contribution in [0, 0.1) is 6.92 Å². The van der Waals surface area contributed by atoms with Crippen molar-refractivity contribution < 1.29 is 9.53 Å². The molecular weight excluding hydrogens is 284 g/mol. The summed E-state index contributed by atoms with van der Waals surface area (Å²) in [4.78, 5) is 30.6. The number of nitrogens with one attached hydrogen (secondary N) is 2. The van der Waals surface area contributed by atoms with Crippen molar-refractivity contribution in [2.75, 3.05) is 0 Å². The lowest BCUT2D eigenvalue weighted by atomic mass is 10.1. The van der Waals surface area contributed by atoms with Crippen molar-refractivity contribution in [3.63, 3.8) is 0 Å². The molecule has 3 heterocycles. The highest BCUT2D eigenvalue weighted by Crippen LogP contribution is 2.17. The molecule has 7 nitrogen and oxygen atoms in total. The zero-order chi connectivity index (χ0) is 15.5. The lowest BCUT2D eigenvalue weighted by molar-refractivity contribution is -0.144. The lowest BCUT2D eigenvalue weighted by Gasteiger charge is -2.03. The van der Waals surface area contributed by atoms with Gasteiger partial charge in [-0.25, -0.2) is 0 Å². The first-order valence-electron chi connectivity index (χ1n) is 6.74. The highest BCUT2D eigenvalue weighted by molar-refractivity contribution is 5.86. The average molecular weight is 298 g/mol. The largest absolute Gasteiger partial charge is 0.459 e. The van der Waals surface area contributed by atoms with Gasteiger partial charge in [0.05, 0.1) is 18.1 Å². The topological polar surface area (TPSA) is 101 Å². The van der Waals surface area contributed by atoms with Crippen molar-refractivity contribution in [3.8, 4) is 0 Å². The number of carbonyl (C=O) groups excluding carboxylic acids is 1. The van der Waals surface area contributed by atoms with Gasteiger partial charge in [-0.3, -0.25) is 19.7 Å². The van der Waals surface area contributed by atoms with Gasteiger partial charge in [-0.05, 0) is 18.6 Å². The zero-order valence-corrected chi connectivity index (χ0v) is 11.9.